The van der Waals surface area contributed by atoms with Crippen LogP contribution in [0.25, 0.3) is 0 Å². The molecule has 0 bridgehead atoms. The number of aliphatic carboxylic acids is 1. The highest BCUT2D eigenvalue weighted by atomic mass is 16.4. The summed E-state index contributed by atoms with van der Waals surface area (Å²) >= 11 is 0. The molecule has 0 saturated heterocycles. The third-order valence-electron chi connectivity index (χ3n) is 3.68. The minimum atomic E-state index is -0.911. The predicted octanol–water partition coefficient (Wildman–Crippen LogP) is 0.607. The number of phenols is 1. The van der Waals surface area contributed by atoms with E-state index in [9.17, 15) is 15.0 Å². The normalized spacial score (nSPS) is 21.4. The third-order valence-corrected chi connectivity index (χ3v) is 3.68. The summed E-state index contributed by atoms with van der Waals surface area (Å²) < 4.78 is 1.62. The van der Waals surface area contributed by atoms with Crippen molar-refractivity contribution in [2.75, 3.05) is 5.73 Å². The lowest BCUT2D eigenvalue weighted by molar-refractivity contribution is -0.143. The Morgan fingerprint density at radius 3 is 2.85 bits per heavy atom. The molecule has 7 heteroatoms. The summed E-state index contributed by atoms with van der Waals surface area (Å²) in [5.41, 5.74) is 6.16. The number of carboxylic acid groups (broad SMARTS) is 1. The first-order valence-electron chi connectivity index (χ1n) is 6.26. The Morgan fingerprint density at radius 1 is 1.40 bits per heavy atom. The van der Waals surface area contributed by atoms with E-state index in [-0.39, 0.29) is 24.0 Å². The number of benzene rings is 1. The molecule has 1 aromatic heterocycles. The number of hydrogen-bond donors (Lipinski definition) is 3. The molecule has 20 heavy (non-hydrogen) atoms. The van der Waals surface area contributed by atoms with Crippen LogP contribution in [0.4, 0.5) is 5.95 Å². The van der Waals surface area contributed by atoms with Gasteiger partial charge in [-0.1, -0.05) is 18.2 Å². The first kappa shape index (κ1) is 12.5. The molecule has 1 aromatic carbocycles. The van der Waals surface area contributed by atoms with Crippen LogP contribution in [0.5, 0.6) is 5.75 Å². The summed E-state index contributed by atoms with van der Waals surface area (Å²) in [6.45, 7) is 0.341. The number of nitrogen functional groups attached to an aromatic ring is 1. The van der Waals surface area contributed by atoms with E-state index in [1.54, 1.807) is 28.9 Å². The average molecular weight is 274 g/mol. The van der Waals surface area contributed by atoms with E-state index in [4.69, 9.17) is 5.73 Å². The number of hydrogen-bond acceptors (Lipinski definition) is 5. The number of nitrogens with two attached hydrogens (primary N) is 1. The Balaban J connectivity index is 2.04. The molecule has 0 fully saturated rings. The zero-order chi connectivity index (χ0) is 14.3. The number of aromatic hydroxyl groups is 1. The van der Waals surface area contributed by atoms with Crippen molar-refractivity contribution in [2.24, 2.45) is 5.92 Å². The van der Waals surface area contributed by atoms with Crippen LogP contribution < -0.4 is 5.73 Å². The maximum Gasteiger partial charge on any atom is 0.307 e. The fraction of sp³-hybridized carbons (Fsp3) is 0.308. The van der Waals surface area contributed by atoms with Gasteiger partial charge in [0.15, 0.2) is 0 Å². The first-order valence-corrected chi connectivity index (χ1v) is 6.26. The van der Waals surface area contributed by atoms with Crippen LogP contribution in [-0.4, -0.2) is 30.9 Å². The summed E-state index contributed by atoms with van der Waals surface area (Å²) in [4.78, 5) is 15.5. The maximum atomic E-state index is 11.5. The molecule has 0 aliphatic carbocycles. The lowest BCUT2D eigenvalue weighted by Gasteiger charge is -2.29. The quantitative estimate of drug-likeness (QED) is 0.739. The van der Waals surface area contributed by atoms with Crippen LogP contribution in [0.15, 0.2) is 24.3 Å². The van der Waals surface area contributed by atoms with Crippen molar-refractivity contribution in [1.82, 2.24) is 14.8 Å². The molecule has 0 spiro atoms. The average Bonchev–Trinajstić information content (AvgIpc) is 2.77. The molecule has 1 aliphatic rings. The Hall–Kier alpha value is -2.57. The number of para-hydroxylation sites is 1. The van der Waals surface area contributed by atoms with E-state index in [0.717, 1.165) is 0 Å². The molecule has 1 aliphatic heterocycles. The number of anilines is 1. The molecule has 3 rings (SSSR count). The van der Waals surface area contributed by atoms with Crippen LogP contribution in [0.1, 0.15) is 17.3 Å². The van der Waals surface area contributed by atoms with Gasteiger partial charge in [0.1, 0.15) is 11.6 Å². The van der Waals surface area contributed by atoms with E-state index in [0.29, 0.717) is 17.9 Å². The van der Waals surface area contributed by atoms with Gasteiger partial charge in [0.05, 0.1) is 12.5 Å². The molecule has 2 unspecified atom stereocenters. The standard InChI is InChI=1S/C13H14N4O3/c14-13-15-11-5-8(12(19)20)9(6-17(11)16-13)7-3-1-2-4-10(7)18/h1-4,8-9,18H,5-6H2,(H2,14,16)(H,19,20). The molecule has 0 radical (unpaired) electrons. The molecule has 2 heterocycles. The van der Waals surface area contributed by atoms with Gasteiger partial charge in [-0.2, -0.15) is 4.98 Å². The van der Waals surface area contributed by atoms with Gasteiger partial charge in [0, 0.05) is 12.3 Å². The summed E-state index contributed by atoms with van der Waals surface area (Å²) in [6.07, 6.45) is 0.249. The van der Waals surface area contributed by atoms with E-state index >= 15 is 0 Å². The number of fused-ring (bicyclic) bond motifs is 1. The lowest BCUT2D eigenvalue weighted by Crippen LogP contribution is -2.33. The van der Waals surface area contributed by atoms with Gasteiger partial charge in [-0.15, -0.1) is 5.10 Å². The third kappa shape index (κ3) is 1.97. The second kappa shape index (κ2) is 4.52. The largest absolute Gasteiger partial charge is 0.508 e. The zero-order valence-corrected chi connectivity index (χ0v) is 10.6. The second-order valence-corrected chi connectivity index (χ2v) is 4.88. The van der Waals surface area contributed by atoms with Crippen LogP contribution in [0, 0.1) is 5.92 Å². The monoisotopic (exact) mass is 274 g/mol. The fourth-order valence-corrected chi connectivity index (χ4v) is 2.72. The number of aromatic nitrogens is 3. The van der Waals surface area contributed by atoms with E-state index < -0.39 is 11.9 Å². The molecule has 2 aromatic rings. The number of phenolic OH excluding ortho intramolecular Hbond substituents is 1. The Morgan fingerprint density at radius 2 is 2.15 bits per heavy atom. The lowest BCUT2D eigenvalue weighted by atomic mass is 9.81. The minimum absolute atomic E-state index is 0.0975. The zero-order valence-electron chi connectivity index (χ0n) is 10.6. The Labute approximate surface area is 114 Å². The smallest absolute Gasteiger partial charge is 0.307 e. The molecule has 7 nitrogen and oxygen atoms in total. The fourth-order valence-electron chi connectivity index (χ4n) is 2.72. The van der Waals surface area contributed by atoms with Crippen molar-refractivity contribution in [1.29, 1.82) is 0 Å². The molecule has 2 atom stereocenters. The second-order valence-electron chi connectivity index (χ2n) is 4.88. The van der Waals surface area contributed by atoms with E-state index in [1.165, 1.54) is 0 Å². The molecule has 0 saturated carbocycles. The number of carbonyl (C=O) groups is 1. The SMILES string of the molecule is Nc1nc2n(n1)CC(c1ccccc1O)C(C(=O)O)C2. The van der Waals surface area contributed by atoms with Gasteiger partial charge < -0.3 is 15.9 Å². The summed E-state index contributed by atoms with van der Waals surface area (Å²) in [5, 5.41) is 23.4. The first-order chi connectivity index (χ1) is 9.56. The highest BCUT2D eigenvalue weighted by Crippen LogP contribution is 2.37. The van der Waals surface area contributed by atoms with Gasteiger partial charge in [-0.3, -0.25) is 4.79 Å². The summed E-state index contributed by atoms with van der Waals surface area (Å²) in [5.74, 6) is -1.11. The predicted molar refractivity (Wildman–Crippen MR) is 70.1 cm³/mol. The molecule has 104 valence electrons. The van der Waals surface area contributed by atoms with Gasteiger partial charge in [-0.05, 0) is 11.6 Å². The molecule has 4 N–H and O–H groups in total. The van der Waals surface area contributed by atoms with E-state index in [1.807, 2.05) is 0 Å². The van der Waals surface area contributed by atoms with Gasteiger partial charge in [0.25, 0.3) is 0 Å². The molecular weight excluding hydrogens is 260 g/mol. The summed E-state index contributed by atoms with van der Waals surface area (Å²) in [6, 6.07) is 6.77. The molecular formula is C13H14N4O3. The van der Waals surface area contributed by atoms with Crippen molar-refractivity contribution in [3.63, 3.8) is 0 Å². The number of nitrogens with zero attached hydrogens (tertiary/aromatic N) is 3. The summed E-state index contributed by atoms with van der Waals surface area (Å²) in [7, 11) is 0. The van der Waals surface area contributed by atoms with Crippen LogP contribution in [0.2, 0.25) is 0 Å². The van der Waals surface area contributed by atoms with Crippen molar-refractivity contribution in [2.45, 2.75) is 18.9 Å². The topological polar surface area (TPSA) is 114 Å². The van der Waals surface area contributed by atoms with Gasteiger partial charge in [-0.25, -0.2) is 4.68 Å². The van der Waals surface area contributed by atoms with Crippen molar-refractivity contribution >= 4 is 11.9 Å². The van der Waals surface area contributed by atoms with E-state index in [2.05, 4.69) is 10.1 Å². The van der Waals surface area contributed by atoms with Crippen molar-refractivity contribution < 1.29 is 15.0 Å². The number of rotatable bonds is 2. The van der Waals surface area contributed by atoms with Crippen LogP contribution in [-0.2, 0) is 17.8 Å². The Kier molecular flexibility index (Phi) is 2.81. The highest BCUT2D eigenvalue weighted by Gasteiger charge is 2.37. The highest BCUT2D eigenvalue weighted by molar-refractivity contribution is 5.72. The van der Waals surface area contributed by atoms with Gasteiger partial charge in [0.2, 0.25) is 5.95 Å². The van der Waals surface area contributed by atoms with Crippen LogP contribution >= 0.6 is 0 Å². The minimum Gasteiger partial charge on any atom is -0.508 e. The number of carboxylic acids is 1. The Bertz CT molecular complexity index is 667. The van der Waals surface area contributed by atoms with Gasteiger partial charge >= 0.3 is 5.97 Å². The molecule has 0 amide bonds. The maximum absolute atomic E-state index is 11.5. The van der Waals surface area contributed by atoms with Crippen molar-refractivity contribution in [3.05, 3.63) is 35.7 Å². The van der Waals surface area contributed by atoms with Crippen molar-refractivity contribution in [3.8, 4) is 5.75 Å². The van der Waals surface area contributed by atoms with Crippen LogP contribution in [0.3, 0.4) is 0 Å².